The van der Waals surface area contributed by atoms with Gasteiger partial charge in [0.05, 0.1) is 6.61 Å². The molecule has 1 fully saturated rings. The molecule has 110 valence electrons. The second-order valence-corrected chi connectivity index (χ2v) is 5.52. The fraction of sp³-hybridized carbons (Fsp3) is 0.562. The summed E-state index contributed by atoms with van der Waals surface area (Å²) < 4.78 is 4.84. The molecule has 1 amide bonds. The number of nitrogens with one attached hydrogen (secondary N) is 2. The molecule has 0 radical (unpaired) electrons. The molecule has 0 saturated heterocycles. The van der Waals surface area contributed by atoms with Crippen LogP contribution >= 0.6 is 0 Å². The summed E-state index contributed by atoms with van der Waals surface area (Å²) in [5, 5.41) is 6.25. The zero-order valence-corrected chi connectivity index (χ0v) is 12.3. The molecular weight excluding hydrogens is 252 g/mol. The van der Waals surface area contributed by atoms with Crippen molar-refractivity contribution in [3.05, 3.63) is 24.3 Å². The first kappa shape index (κ1) is 14.7. The van der Waals surface area contributed by atoms with Crippen LogP contribution in [0, 0.1) is 5.92 Å². The lowest BCUT2D eigenvalue weighted by atomic mass is 9.87. The van der Waals surface area contributed by atoms with Gasteiger partial charge in [-0.05, 0) is 62.8 Å². The van der Waals surface area contributed by atoms with Gasteiger partial charge in [-0.2, -0.15) is 0 Å². The minimum absolute atomic E-state index is 0.381. The monoisotopic (exact) mass is 276 g/mol. The van der Waals surface area contributed by atoms with Gasteiger partial charge in [0.2, 0.25) is 0 Å². The van der Waals surface area contributed by atoms with Crippen molar-refractivity contribution in [3.8, 4) is 0 Å². The van der Waals surface area contributed by atoms with Gasteiger partial charge in [0.15, 0.2) is 0 Å². The van der Waals surface area contributed by atoms with Gasteiger partial charge in [-0.1, -0.05) is 6.92 Å². The highest BCUT2D eigenvalue weighted by Crippen LogP contribution is 2.26. The highest BCUT2D eigenvalue weighted by atomic mass is 16.5. The average molecular weight is 276 g/mol. The van der Waals surface area contributed by atoms with Crippen LogP contribution in [0.5, 0.6) is 0 Å². The smallest absolute Gasteiger partial charge is 0.411 e. The summed E-state index contributed by atoms with van der Waals surface area (Å²) in [6, 6.07) is 8.37. The molecule has 1 aromatic rings. The number of carbonyl (C=O) groups is 1. The predicted molar refractivity (Wildman–Crippen MR) is 82.1 cm³/mol. The Morgan fingerprint density at radius 3 is 2.35 bits per heavy atom. The van der Waals surface area contributed by atoms with E-state index >= 15 is 0 Å². The largest absolute Gasteiger partial charge is 0.450 e. The van der Waals surface area contributed by atoms with Crippen LogP contribution in [-0.4, -0.2) is 18.7 Å². The van der Waals surface area contributed by atoms with Crippen LogP contribution in [0.4, 0.5) is 16.2 Å². The highest BCUT2D eigenvalue weighted by molar-refractivity contribution is 5.84. The first-order valence-electron chi connectivity index (χ1n) is 7.47. The van der Waals surface area contributed by atoms with E-state index in [-0.39, 0.29) is 0 Å². The SMILES string of the molecule is CCOC(=O)Nc1ccc(NC2CCC(C)CC2)cc1. The van der Waals surface area contributed by atoms with Crippen molar-refractivity contribution in [1.29, 1.82) is 0 Å². The molecule has 2 N–H and O–H groups in total. The molecule has 0 bridgehead atoms. The standard InChI is InChI=1S/C16H24N2O2/c1-3-20-16(19)18-15-10-8-14(9-11-15)17-13-6-4-12(2)5-7-13/h8-13,17H,3-7H2,1-2H3,(H,18,19). The summed E-state index contributed by atoms with van der Waals surface area (Å²) in [6.07, 6.45) is 4.68. The van der Waals surface area contributed by atoms with E-state index in [1.807, 2.05) is 24.3 Å². The average Bonchev–Trinajstić information content (AvgIpc) is 2.44. The Bertz CT molecular complexity index is 423. The second-order valence-electron chi connectivity index (χ2n) is 5.52. The van der Waals surface area contributed by atoms with Crippen LogP contribution in [0.25, 0.3) is 0 Å². The van der Waals surface area contributed by atoms with E-state index in [1.165, 1.54) is 25.7 Å². The summed E-state index contributed by atoms with van der Waals surface area (Å²) in [6.45, 7) is 4.50. The van der Waals surface area contributed by atoms with Crippen LogP contribution in [0.1, 0.15) is 39.5 Å². The lowest BCUT2D eigenvalue weighted by molar-refractivity contribution is 0.168. The highest BCUT2D eigenvalue weighted by Gasteiger charge is 2.17. The van der Waals surface area contributed by atoms with E-state index in [0.29, 0.717) is 12.6 Å². The van der Waals surface area contributed by atoms with Crippen LogP contribution in [0.15, 0.2) is 24.3 Å². The first-order chi connectivity index (χ1) is 9.67. The fourth-order valence-electron chi connectivity index (χ4n) is 2.57. The number of benzene rings is 1. The van der Waals surface area contributed by atoms with Gasteiger partial charge >= 0.3 is 6.09 Å². The second kappa shape index (κ2) is 7.17. The zero-order chi connectivity index (χ0) is 14.4. The van der Waals surface area contributed by atoms with E-state index in [1.54, 1.807) is 6.92 Å². The Hall–Kier alpha value is -1.71. The van der Waals surface area contributed by atoms with Gasteiger partial charge in [0, 0.05) is 17.4 Å². The van der Waals surface area contributed by atoms with Crippen molar-refractivity contribution >= 4 is 17.5 Å². The maximum atomic E-state index is 11.3. The molecule has 4 nitrogen and oxygen atoms in total. The summed E-state index contributed by atoms with van der Waals surface area (Å²) in [5.74, 6) is 0.865. The maximum absolute atomic E-state index is 11.3. The molecule has 0 unspecified atom stereocenters. The Balaban J connectivity index is 1.83. The first-order valence-corrected chi connectivity index (χ1v) is 7.47. The third kappa shape index (κ3) is 4.44. The normalized spacial score (nSPS) is 22.1. The third-order valence-corrected chi connectivity index (χ3v) is 3.79. The number of hydrogen-bond donors (Lipinski definition) is 2. The minimum Gasteiger partial charge on any atom is -0.450 e. The van der Waals surface area contributed by atoms with Crippen molar-refractivity contribution in [1.82, 2.24) is 0 Å². The fourth-order valence-corrected chi connectivity index (χ4v) is 2.57. The number of anilines is 2. The molecule has 1 aromatic carbocycles. The molecule has 1 aliphatic rings. The lowest BCUT2D eigenvalue weighted by Gasteiger charge is -2.27. The Morgan fingerprint density at radius 1 is 1.15 bits per heavy atom. The van der Waals surface area contributed by atoms with E-state index < -0.39 is 6.09 Å². The van der Waals surface area contributed by atoms with Gasteiger partial charge in [-0.25, -0.2) is 4.79 Å². The van der Waals surface area contributed by atoms with Crippen LogP contribution < -0.4 is 10.6 Å². The summed E-state index contributed by atoms with van der Waals surface area (Å²) in [4.78, 5) is 11.3. The minimum atomic E-state index is -0.408. The number of hydrogen-bond acceptors (Lipinski definition) is 3. The Morgan fingerprint density at radius 2 is 1.75 bits per heavy atom. The Kier molecular flexibility index (Phi) is 5.27. The predicted octanol–water partition coefficient (Wildman–Crippen LogP) is 4.25. The summed E-state index contributed by atoms with van der Waals surface area (Å²) in [5.41, 5.74) is 1.87. The Labute approximate surface area is 120 Å². The number of ether oxygens (including phenoxy) is 1. The van der Waals surface area contributed by atoms with Crippen LogP contribution in [0.3, 0.4) is 0 Å². The maximum Gasteiger partial charge on any atom is 0.411 e. The van der Waals surface area contributed by atoms with Gasteiger partial charge in [0.25, 0.3) is 0 Å². The van der Waals surface area contributed by atoms with Crippen molar-refractivity contribution in [2.75, 3.05) is 17.2 Å². The molecule has 0 spiro atoms. The summed E-state index contributed by atoms with van der Waals surface area (Å²) in [7, 11) is 0. The topological polar surface area (TPSA) is 50.4 Å². The van der Waals surface area contributed by atoms with Gasteiger partial charge in [0.1, 0.15) is 0 Å². The summed E-state index contributed by atoms with van der Waals surface area (Å²) >= 11 is 0. The van der Waals surface area contributed by atoms with Crippen molar-refractivity contribution in [2.45, 2.75) is 45.6 Å². The molecule has 0 aromatic heterocycles. The van der Waals surface area contributed by atoms with Crippen molar-refractivity contribution < 1.29 is 9.53 Å². The zero-order valence-electron chi connectivity index (χ0n) is 12.3. The molecular formula is C16H24N2O2. The van der Waals surface area contributed by atoms with Gasteiger partial charge in [-0.15, -0.1) is 0 Å². The van der Waals surface area contributed by atoms with E-state index in [0.717, 1.165) is 17.3 Å². The number of rotatable bonds is 4. The molecule has 0 atom stereocenters. The lowest BCUT2D eigenvalue weighted by Crippen LogP contribution is -2.25. The van der Waals surface area contributed by atoms with Gasteiger partial charge in [-0.3, -0.25) is 5.32 Å². The molecule has 20 heavy (non-hydrogen) atoms. The molecule has 4 heteroatoms. The third-order valence-electron chi connectivity index (χ3n) is 3.79. The molecule has 2 rings (SSSR count). The van der Waals surface area contributed by atoms with Crippen molar-refractivity contribution in [3.63, 3.8) is 0 Å². The molecule has 0 aliphatic heterocycles. The van der Waals surface area contributed by atoms with E-state index in [2.05, 4.69) is 17.6 Å². The quantitative estimate of drug-likeness (QED) is 0.864. The number of carbonyl (C=O) groups excluding carboxylic acids is 1. The molecule has 1 aliphatic carbocycles. The van der Waals surface area contributed by atoms with Crippen molar-refractivity contribution in [2.24, 2.45) is 5.92 Å². The van der Waals surface area contributed by atoms with Crippen LogP contribution in [0.2, 0.25) is 0 Å². The molecule has 1 saturated carbocycles. The number of amides is 1. The van der Waals surface area contributed by atoms with Gasteiger partial charge < -0.3 is 10.1 Å². The van der Waals surface area contributed by atoms with E-state index in [9.17, 15) is 4.79 Å². The molecule has 0 heterocycles. The van der Waals surface area contributed by atoms with Crippen LogP contribution in [-0.2, 0) is 4.74 Å². The van der Waals surface area contributed by atoms with E-state index in [4.69, 9.17) is 4.74 Å².